The first-order valence-electron chi connectivity index (χ1n) is 6.72. The molecular formula is C16H22INO3. The van der Waals surface area contributed by atoms with E-state index in [4.69, 9.17) is 4.74 Å². The van der Waals surface area contributed by atoms with Gasteiger partial charge in [-0.15, -0.1) is 0 Å². The molecule has 0 saturated heterocycles. The van der Waals surface area contributed by atoms with Crippen molar-refractivity contribution in [3.05, 3.63) is 25.8 Å². The summed E-state index contributed by atoms with van der Waals surface area (Å²) in [6.45, 7) is 11.2. The highest BCUT2D eigenvalue weighted by molar-refractivity contribution is 14.1. The molecule has 0 aliphatic heterocycles. The molecule has 4 nitrogen and oxygen atoms in total. The molecule has 0 bridgehead atoms. The normalized spacial score (nSPS) is 11.2. The van der Waals surface area contributed by atoms with Gasteiger partial charge in [0.05, 0.1) is 5.69 Å². The number of hydrogen-bond acceptors (Lipinski definition) is 3. The first-order chi connectivity index (χ1) is 9.51. The molecule has 1 aromatic carbocycles. The Morgan fingerprint density at radius 1 is 1.14 bits per heavy atom. The number of nitrogens with zero attached hydrogens (tertiary/aromatic N) is 1. The molecule has 0 atom stereocenters. The smallest absolute Gasteiger partial charge is 0.414 e. The van der Waals surface area contributed by atoms with Gasteiger partial charge in [-0.3, -0.25) is 9.69 Å². The number of aldehydes is 1. The van der Waals surface area contributed by atoms with Crippen molar-refractivity contribution in [1.29, 1.82) is 0 Å². The number of rotatable bonds is 2. The minimum absolute atomic E-state index is 0.426. The molecule has 0 fully saturated rings. The van der Waals surface area contributed by atoms with Crippen molar-refractivity contribution in [2.45, 2.75) is 47.1 Å². The summed E-state index contributed by atoms with van der Waals surface area (Å²) in [5.74, 6) is 0. The summed E-state index contributed by atoms with van der Waals surface area (Å²) in [6, 6.07) is 0. The van der Waals surface area contributed by atoms with Crippen molar-refractivity contribution in [2.24, 2.45) is 0 Å². The van der Waals surface area contributed by atoms with Gasteiger partial charge in [-0.2, -0.15) is 0 Å². The molecular weight excluding hydrogens is 381 g/mol. The fourth-order valence-corrected chi connectivity index (χ4v) is 2.84. The monoisotopic (exact) mass is 403 g/mol. The van der Waals surface area contributed by atoms with Crippen LogP contribution in [0, 0.1) is 24.3 Å². The van der Waals surface area contributed by atoms with E-state index in [9.17, 15) is 9.59 Å². The lowest BCUT2D eigenvalue weighted by Crippen LogP contribution is -2.35. The number of amides is 1. The standard InChI is InChI=1S/C16H22INO3/c1-9-12(8-19)10(2)14(11(3)13(9)17)18(7)15(20)21-16(4,5)6/h8H,1-7H3. The largest absolute Gasteiger partial charge is 0.443 e. The van der Waals surface area contributed by atoms with Gasteiger partial charge in [-0.25, -0.2) is 4.79 Å². The van der Waals surface area contributed by atoms with Crippen molar-refractivity contribution >= 4 is 40.7 Å². The molecule has 5 heteroatoms. The molecule has 1 aromatic rings. The van der Waals surface area contributed by atoms with Crippen LogP contribution < -0.4 is 4.90 Å². The Morgan fingerprint density at radius 2 is 1.67 bits per heavy atom. The number of hydrogen-bond donors (Lipinski definition) is 0. The minimum atomic E-state index is -0.557. The predicted octanol–water partition coefficient (Wildman–Crippen LogP) is 4.40. The van der Waals surface area contributed by atoms with Gasteiger partial charge < -0.3 is 4.74 Å². The molecule has 0 unspecified atom stereocenters. The van der Waals surface area contributed by atoms with Crippen molar-refractivity contribution in [3.63, 3.8) is 0 Å². The topological polar surface area (TPSA) is 46.6 Å². The lowest BCUT2D eigenvalue weighted by Gasteiger charge is -2.28. The van der Waals surface area contributed by atoms with Crippen LogP contribution >= 0.6 is 22.6 Å². The average Bonchev–Trinajstić information content (AvgIpc) is 2.35. The van der Waals surface area contributed by atoms with Gasteiger partial charge in [0.15, 0.2) is 6.29 Å². The van der Waals surface area contributed by atoms with Gasteiger partial charge in [0.25, 0.3) is 0 Å². The van der Waals surface area contributed by atoms with E-state index in [1.54, 1.807) is 7.05 Å². The molecule has 0 spiro atoms. The second-order valence-electron chi connectivity index (χ2n) is 6.11. The predicted molar refractivity (Wildman–Crippen MR) is 93.4 cm³/mol. The lowest BCUT2D eigenvalue weighted by atomic mass is 9.97. The molecule has 0 N–H and O–H groups in total. The van der Waals surface area contributed by atoms with E-state index in [1.165, 1.54) is 4.90 Å². The maximum atomic E-state index is 12.3. The summed E-state index contributed by atoms with van der Waals surface area (Å²) in [4.78, 5) is 25.1. The lowest BCUT2D eigenvalue weighted by molar-refractivity contribution is 0.0588. The zero-order chi connectivity index (χ0) is 16.5. The van der Waals surface area contributed by atoms with Gasteiger partial charge in [0, 0.05) is 16.2 Å². The molecule has 0 heterocycles. The summed E-state index contributed by atoms with van der Waals surface area (Å²) in [6.07, 6.45) is 0.420. The quantitative estimate of drug-likeness (QED) is 0.543. The van der Waals surface area contributed by atoms with Crippen LogP contribution in [0.4, 0.5) is 10.5 Å². The Kier molecular flexibility index (Phi) is 5.41. The maximum Gasteiger partial charge on any atom is 0.414 e. The van der Waals surface area contributed by atoms with E-state index < -0.39 is 11.7 Å². The van der Waals surface area contributed by atoms with Crippen molar-refractivity contribution in [1.82, 2.24) is 0 Å². The number of anilines is 1. The van der Waals surface area contributed by atoms with Gasteiger partial charge in [-0.05, 0) is 80.8 Å². The van der Waals surface area contributed by atoms with Crippen LogP contribution in [0.2, 0.25) is 0 Å². The van der Waals surface area contributed by atoms with Crippen molar-refractivity contribution in [3.8, 4) is 0 Å². The molecule has 0 radical (unpaired) electrons. The number of benzene rings is 1. The van der Waals surface area contributed by atoms with E-state index in [1.807, 2.05) is 41.5 Å². The fourth-order valence-electron chi connectivity index (χ4n) is 2.30. The maximum absolute atomic E-state index is 12.3. The van der Waals surface area contributed by atoms with E-state index >= 15 is 0 Å². The Labute approximate surface area is 140 Å². The summed E-state index contributed by atoms with van der Waals surface area (Å²) in [5.41, 5.74) is 3.54. The van der Waals surface area contributed by atoms with Crippen molar-refractivity contribution in [2.75, 3.05) is 11.9 Å². The second kappa shape index (κ2) is 6.34. The van der Waals surface area contributed by atoms with Crippen LogP contribution in [-0.4, -0.2) is 25.0 Å². The zero-order valence-corrected chi connectivity index (χ0v) is 15.8. The Balaban J connectivity index is 3.40. The summed E-state index contributed by atoms with van der Waals surface area (Å²) >= 11 is 2.21. The average molecular weight is 403 g/mol. The molecule has 116 valence electrons. The molecule has 1 amide bonds. The van der Waals surface area contributed by atoms with Crippen LogP contribution in [-0.2, 0) is 4.74 Å². The number of carbonyl (C=O) groups excluding carboxylic acids is 2. The SMILES string of the molecule is Cc1c(I)c(C)c(N(C)C(=O)OC(C)(C)C)c(C)c1C=O. The summed E-state index contributed by atoms with van der Waals surface area (Å²) in [7, 11) is 1.67. The molecule has 1 rings (SSSR count). The number of halogens is 1. The first-order valence-corrected chi connectivity index (χ1v) is 7.80. The van der Waals surface area contributed by atoms with Crippen molar-refractivity contribution < 1.29 is 14.3 Å². The highest BCUT2D eigenvalue weighted by atomic mass is 127. The molecule has 0 aliphatic rings. The fraction of sp³-hybridized carbons (Fsp3) is 0.500. The first kappa shape index (κ1) is 17.9. The Bertz CT molecular complexity index is 588. The molecule has 0 aliphatic carbocycles. The Morgan fingerprint density at radius 3 is 2.10 bits per heavy atom. The van der Waals surface area contributed by atoms with Gasteiger partial charge in [0.2, 0.25) is 0 Å². The van der Waals surface area contributed by atoms with E-state index in [0.29, 0.717) is 5.56 Å². The molecule has 0 saturated carbocycles. The third-order valence-corrected chi connectivity index (χ3v) is 4.92. The summed E-state index contributed by atoms with van der Waals surface area (Å²) in [5, 5.41) is 0. The summed E-state index contributed by atoms with van der Waals surface area (Å²) < 4.78 is 6.40. The van der Waals surface area contributed by atoms with Gasteiger partial charge in [0.1, 0.15) is 5.60 Å². The molecule has 0 aromatic heterocycles. The zero-order valence-electron chi connectivity index (χ0n) is 13.6. The minimum Gasteiger partial charge on any atom is -0.443 e. The number of ether oxygens (including phenoxy) is 1. The highest BCUT2D eigenvalue weighted by Gasteiger charge is 2.25. The van der Waals surface area contributed by atoms with Crippen LogP contribution in [0.5, 0.6) is 0 Å². The van der Waals surface area contributed by atoms with Crippen LogP contribution in [0.25, 0.3) is 0 Å². The third kappa shape index (κ3) is 3.75. The molecule has 21 heavy (non-hydrogen) atoms. The van der Waals surface area contributed by atoms with Gasteiger partial charge >= 0.3 is 6.09 Å². The van der Waals surface area contributed by atoms with Crippen LogP contribution in [0.1, 0.15) is 47.8 Å². The highest BCUT2D eigenvalue weighted by Crippen LogP contribution is 2.34. The van der Waals surface area contributed by atoms with Crippen LogP contribution in [0.3, 0.4) is 0 Å². The van der Waals surface area contributed by atoms with Gasteiger partial charge in [-0.1, -0.05) is 0 Å². The van der Waals surface area contributed by atoms with E-state index in [2.05, 4.69) is 22.6 Å². The number of carbonyl (C=O) groups is 2. The Hall–Kier alpha value is -1.11. The van der Waals surface area contributed by atoms with E-state index in [-0.39, 0.29) is 0 Å². The second-order valence-corrected chi connectivity index (χ2v) is 7.19. The van der Waals surface area contributed by atoms with E-state index in [0.717, 1.165) is 32.2 Å². The third-order valence-electron chi connectivity index (χ3n) is 3.30. The van der Waals surface area contributed by atoms with Crippen LogP contribution in [0.15, 0.2) is 0 Å².